The summed E-state index contributed by atoms with van der Waals surface area (Å²) in [5.74, 6) is 1.01. The Hall–Kier alpha value is -3.16. The van der Waals surface area contributed by atoms with Gasteiger partial charge in [0.15, 0.2) is 0 Å². The first-order valence-corrected chi connectivity index (χ1v) is 12.2. The van der Waals surface area contributed by atoms with E-state index in [1.807, 2.05) is 37.3 Å². The third-order valence-electron chi connectivity index (χ3n) is 5.94. The van der Waals surface area contributed by atoms with Crippen LogP contribution in [0.25, 0.3) is 15.7 Å². The van der Waals surface area contributed by atoms with E-state index < -0.39 is 0 Å². The second kappa shape index (κ2) is 10.8. The first-order valence-electron chi connectivity index (χ1n) is 11.4. The van der Waals surface area contributed by atoms with Crippen LogP contribution in [0, 0.1) is 0 Å². The second-order valence-corrected chi connectivity index (χ2v) is 9.79. The first-order chi connectivity index (χ1) is 16.4. The number of aromatic nitrogens is 1. The van der Waals surface area contributed by atoms with Gasteiger partial charge < -0.3 is 15.0 Å². The third kappa shape index (κ3) is 6.04. The molecule has 6 nitrogen and oxygen atoms in total. The molecule has 2 aromatic carbocycles. The number of rotatable bonds is 6. The maximum absolute atomic E-state index is 12.9. The molecule has 7 heteroatoms. The number of benzene rings is 2. The van der Waals surface area contributed by atoms with E-state index in [1.165, 1.54) is 0 Å². The van der Waals surface area contributed by atoms with Crippen LogP contribution in [0.15, 0.2) is 66.3 Å². The lowest BCUT2D eigenvalue weighted by atomic mass is 10.1. The lowest BCUT2D eigenvalue weighted by Gasteiger charge is -2.29. The number of thioether (sulfide) groups is 1. The number of carbonyl (C=O) groups excluding carboxylic acids is 1. The molecule has 1 fully saturated rings. The summed E-state index contributed by atoms with van der Waals surface area (Å²) in [5, 5.41) is 5.85. The topological polar surface area (TPSA) is 66.8 Å². The highest BCUT2D eigenvalue weighted by Gasteiger charge is 2.18. The van der Waals surface area contributed by atoms with Crippen LogP contribution in [0.2, 0.25) is 0 Å². The maximum atomic E-state index is 12.9. The van der Waals surface area contributed by atoms with Crippen molar-refractivity contribution in [3.05, 3.63) is 72.4 Å². The van der Waals surface area contributed by atoms with Crippen molar-refractivity contribution < 1.29 is 9.53 Å². The van der Waals surface area contributed by atoms with E-state index in [4.69, 9.17) is 4.74 Å². The van der Waals surface area contributed by atoms with Gasteiger partial charge in [-0.05, 0) is 68.1 Å². The van der Waals surface area contributed by atoms with E-state index in [0.717, 1.165) is 58.0 Å². The van der Waals surface area contributed by atoms with Crippen LogP contribution in [-0.2, 0) is 0 Å². The fourth-order valence-electron chi connectivity index (χ4n) is 3.86. The number of pyridine rings is 1. The van der Waals surface area contributed by atoms with E-state index in [-0.39, 0.29) is 12.0 Å². The number of anilines is 1. The van der Waals surface area contributed by atoms with Crippen molar-refractivity contribution >= 4 is 44.2 Å². The van der Waals surface area contributed by atoms with Crippen LogP contribution in [-0.4, -0.2) is 54.1 Å². The molecule has 0 spiro atoms. The molecule has 0 radical (unpaired) electrons. The molecule has 0 saturated carbocycles. The zero-order chi connectivity index (χ0) is 24.1. The summed E-state index contributed by atoms with van der Waals surface area (Å²) < 4.78 is 6.13. The van der Waals surface area contributed by atoms with E-state index in [9.17, 15) is 4.79 Å². The molecule has 0 atom stereocenters. The normalized spacial score (nSPS) is 15.3. The van der Waals surface area contributed by atoms with E-state index >= 15 is 0 Å². The van der Waals surface area contributed by atoms with Crippen molar-refractivity contribution in [2.24, 2.45) is 4.99 Å². The summed E-state index contributed by atoms with van der Waals surface area (Å²) >= 11 is 1.54. The van der Waals surface area contributed by atoms with Crippen LogP contribution in [0.3, 0.4) is 0 Å². The Morgan fingerprint density at radius 1 is 1.15 bits per heavy atom. The zero-order valence-electron chi connectivity index (χ0n) is 19.9. The van der Waals surface area contributed by atoms with E-state index in [1.54, 1.807) is 37.1 Å². The summed E-state index contributed by atoms with van der Waals surface area (Å²) in [6.45, 7) is 8.18. The molecule has 4 rings (SSSR count). The Morgan fingerprint density at radius 3 is 2.71 bits per heavy atom. The van der Waals surface area contributed by atoms with Gasteiger partial charge in [-0.25, -0.2) is 4.98 Å². The van der Waals surface area contributed by atoms with Crippen molar-refractivity contribution in [2.45, 2.75) is 25.9 Å². The van der Waals surface area contributed by atoms with Gasteiger partial charge in [-0.2, -0.15) is 0 Å². The molecule has 1 saturated heterocycles. The molecule has 3 aromatic rings. The van der Waals surface area contributed by atoms with Gasteiger partial charge in [0.1, 0.15) is 17.7 Å². The smallest absolute Gasteiger partial charge is 0.256 e. The summed E-state index contributed by atoms with van der Waals surface area (Å²) in [7, 11) is 3.90. The van der Waals surface area contributed by atoms with Crippen LogP contribution >= 0.6 is 11.8 Å². The number of hydrogen-bond donors (Lipinski definition) is 1. The van der Waals surface area contributed by atoms with Crippen molar-refractivity contribution in [1.29, 1.82) is 0 Å². The molecular weight excluding hydrogens is 444 g/mol. The number of ether oxygens (including phenoxy) is 1. The molecule has 0 unspecified atom stereocenters. The summed E-state index contributed by atoms with van der Waals surface area (Å²) in [6, 6.07) is 15.3. The van der Waals surface area contributed by atoms with E-state index in [2.05, 4.69) is 39.9 Å². The number of amides is 1. The minimum absolute atomic E-state index is 0.186. The number of likely N-dealkylation sites (tertiary alicyclic amines) is 1. The number of hydrogen-bond acceptors (Lipinski definition) is 6. The third-order valence-corrected chi connectivity index (χ3v) is 6.90. The van der Waals surface area contributed by atoms with Crippen LogP contribution in [0.1, 0.15) is 35.7 Å². The van der Waals surface area contributed by atoms with Gasteiger partial charge in [-0.3, -0.25) is 9.79 Å². The monoisotopic (exact) mass is 474 g/mol. The van der Waals surface area contributed by atoms with Crippen LogP contribution in [0.4, 0.5) is 5.82 Å². The first kappa shape index (κ1) is 24.0. The molecule has 0 bridgehead atoms. The molecule has 1 N–H and O–H groups in total. The molecule has 1 aliphatic rings. The van der Waals surface area contributed by atoms with Gasteiger partial charge in [0.25, 0.3) is 5.91 Å². The Kier molecular flexibility index (Phi) is 7.65. The molecule has 1 aliphatic heterocycles. The van der Waals surface area contributed by atoms with Gasteiger partial charge in [-0.15, -0.1) is 0 Å². The average Bonchev–Trinajstić information content (AvgIpc) is 2.85. The fourth-order valence-corrected chi connectivity index (χ4v) is 4.55. The second-order valence-electron chi connectivity index (χ2n) is 8.50. The van der Waals surface area contributed by atoms with Crippen LogP contribution < -0.4 is 10.1 Å². The predicted molar refractivity (Wildman–Crippen MR) is 143 cm³/mol. The number of fused-ring (bicyclic) bond motifs is 1. The van der Waals surface area contributed by atoms with Crippen molar-refractivity contribution in [1.82, 2.24) is 9.88 Å². The minimum Gasteiger partial charge on any atom is -0.490 e. The van der Waals surface area contributed by atoms with E-state index in [0.29, 0.717) is 11.4 Å². The summed E-state index contributed by atoms with van der Waals surface area (Å²) in [5.41, 5.74) is 1.56. The highest BCUT2D eigenvalue weighted by molar-refractivity contribution is 8.21. The van der Waals surface area contributed by atoms with Crippen molar-refractivity contribution in [3.8, 4) is 5.75 Å². The zero-order valence-corrected chi connectivity index (χ0v) is 20.7. The van der Waals surface area contributed by atoms with Gasteiger partial charge in [0, 0.05) is 42.2 Å². The molecular formula is C27H30N4O2S. The lowest BCUT2D eigenvalue weighted by Crippen LogP contribution is -2.35. The van der Waals surface area contributed by atoms with Gasteiger partial charge in [-0.1, -0.05) is 36.5 Å². The lowest BCUT2D eigenvalue weighted by molar-refractivity contribution is 0.102. The molecule has 2 heterocycles. The van der Waals surface area contributed by atoms with Gasteiger partial charge in [0.2, 0.25) is 0 Å². The summed E-state index contributed by atoms with van der Waals surface area (Å²) in [6.07, 6.45) is 3.94. The highest BCUT2D eigenvalue weighted by Crippen LogP contribution is 2.30. The Labute approximate surface area is 205 Å². The number of nitrogens with one attached hydrogen (secondary N) is 1. The number of aliphatic imine (C=N–C) groups is 1. The molecule has 176 valence electrons. The predicted octanol–water partition coefficient (Wildman–Crippen LogP) is 5.71. The molecule has 1 aromatic heterocycles. The summed E-state index contributed by atoms with van der Waals surface area (Å²) in [4.78, 5) is 24.8. The van der Waals surface area contributed by atoms with Gasteiger partial charge in [0.05, 0.1) is 5.04 Å². The Bertz CT molecular complexity index is 1230. The minimum atomic E-state index is -0.216. The average molecular weight is 475 g/mol. The molecule has 0 aliphatic carbocycles. The Morgan fingerprint density at radius 2 is 1.94 bits per heavy atom. The SMILES string of the molecule is C=C(SC(C)=NC)c1ccc2cnc(NC(=O)c3cccc(OC4CCN(C)CC4)c3)cc2c1. The van der Waals surface area contributed by atoms with Crippen LogP contribution in [0.5, 0.6) is 5.75 Å². The fraction of sp³-hybridized carbons (Fsp3) is 0.296. The maximum Gasteiger partial charge on any atom is 0.256 e. The van der Waals surface area contributed by atoms with Gasteiger partial charge >= 0.3 is 0 Å². The standard InChI is InChI=1S/C27H30N4O2S/c1-18(34-19(2)28-3)20-8-9-22-17-29-26(16-23(22)14-20)30-27(32)21-6-5-7-25(15-21)33-24-10-12-31(4)13-11-24/h5-9,14-17,24H,1,10-13H2,2-4H3,(H,29,30,32). The number of nitrogens with zero attached hydrogens (tertiary/aromatic N) is 3. The highest BCUT2D eigenvalue weighted by atomic mass is 32.2. The largest absolute Gasteiger partial charge is 0.490 e. The number of piperidine rings is 1. The number of carbonyl (C=O) groups is 1. The molecule has 1 amide bonds. The van der Waals surface area contributed by atoms with Crippen molar-refractivity contribution in [3.63, 3.8) is 0 Å². The quantitative estimate of drug-likeness (QED) is 0.366. The Balaban J connectivity index is 1.46. The molecule has 34 heavy (non-hydrogen) atoms. The van der Waals surface area contributed by atoms with Crippen molar-refractivity contribution in [2.75, 3.05) is 32.5 Å².